The fourth-order valence-electron chi connectivity index (χ4n) is 1.96. The maximum Gasteiger partial charge on any atom is 0.146 e. The van der Waals surface area contributed by atoms with Crippen LogP contribution in [0, 0.1) is 5.82 Å². The Kier molecular flexibility index (Phi) is 4.99. The van der Waals surface area contributed by atoms with E-state index >= 15 is 0 Å². The first kappa shape index (κ1) is 14.8. The third kappa shape index (κ3) is 3.50. The van der Waals surface area contributed by atoms with Crippen LogP contribution in [0.1, 0.15) is 24.1 Å². The van der Waals surface area contributed by atoms with Crippen molar-refractivity contribution in [2.45, 2.75) is 19.5 Å². The summed E-state index contributed by atoms with van der Waals surface area (Å²) >= 11 is 5.76. The summed E-state index contributed by atoms with van der Waals surface area (Å²) in [4.78, 5) is 0. The van der Waals surface area contributed by atoms with Gasteiger partial charge in [0.15, 0.2) is 0 Å². The van der Waals surface area contributed by atoms with Gasteiger partial charge in [-0.2, -0.15) is 0 Å². The molecular formula is C16H17ClFNO. The third-order valence-corrected chi connectivity index (χ3v) is 3.54. The molecule has 0 fully saturated rings. The van der Waals surface area contributed by atoms with Gasteiger partial charge in [0.05, 0.1) is 12.1 Å². The van der Waals surface area contributed by atoms with E-state index in [4.69, 9.17) is 16.3 Å². The van der Waals surface area contributed by atoms with Crippen molar-refractivity contribution < 1.29 is 9.13 Å². The normalized spacial score (nSPS) is 12.2. The molecule has 4 heteroatoms. The monoisotopic (exact) mass is 293 g/mol. The van der Waals surface area contributed by atoms with Crippen molar-refractivity contribution in [2.75, 3.05) is 7.11 Å². The van der Waals surface area contributed by atoms with Gasteiger partial charge < -0.3 is 10.1 Å². The number of nitrogens with one attached hydrogen (secondary N) is 1. The van der Waals surface area contributed by atoms with E-state index in [-0.39, 0.29) is 16.9 Å². The smallest absolute Gasteiger partial charge is 0.146 e. The van der Waals surface area contributed by atoms with E-state index in [1.807, 2.05) is 31.2 Å². The van der Waals surface area contributed by atoms with Gasteiger partial charge in [-0.25, -0.2) is 4.39 Å². The maximum atomic E-state index is 13.8. The molecule has 0 spiro atoms. The zero-order chi connectivity index (χ0) is 14.5. The predicted octanol–water partition coefficient (Wildman–Crippen LogP) is 4.34. The molecule has 0 saturated carbocycles. The molecule has 2 rings (SSSR count). The van der Waals surface area contributed by atoms with E-state index in [2.05, 4.69) is 5.32 Å². The topological polar surface area (TPSA) is 21.3 Å². The highest BCUT2D eigenvalue weighted by Gasteiger charge is 2.09. The van der Waals surface area contributed by atoms with Crippen LogP contribution < -0.4 is 10.1 Å². The van der Waals surface area contributed by atoms with Gasteiger partial charge in [-0.05, 0) is 30.7 Å². The van der Waals surface area contributed by atoms with Crippen molar-refractivity contribution in [3.8, 4) is 5.75 Å². The molecule has 1 unspecified atom stereocenters. The van der Waals surface area contributed by atoms with Crippen LogP contribution in [0.2, 0.25) is 5.02 Å². The Morgan fingerprint density at radius 1 is 1.20 bits per heavy atom. The van der Waals surface area contributed by atoms with Crippen molar-refractivity contribution in [3.63, 3.8) is 0 Å². The van der Waals surface area contributed by atoms with Gasteiger partial charge in [0, 0.05) is 18.2 Å². The minimum absolute atomic E-state index is 0.110. The second kappa shape index (κ2) is 6.73. The summed E-state index contributed by atoms with van der Waals surface area (Å²) < 4.78 is 18.9. The molecule has 0 amide bonds. The van der Waals surface area contributed by atoms with E-state index < -0.39 is 0 Å². The molecule has 20 heavy (non-hydrogen) atoms. The van der Waals surface area contributed by atoms with Crippen LogP contribution in [-0.2, 0) is 6.54 Å². The Morgan fingerprint density at radius 2 is 1.90 bits per heavy atom. The van der Waals surface area contributed by atoms with E-state index in [1.54, 1.807) is 25.3 Å². The SMILES string of the molecule is COc1ccc(C(C)NCc2cccc(Cl)c2F)cc1. The van der Waals surface area contributed by atoms with Crippen LogP contribution in [0.3, 0.4) is 0 Å². The summed E-state index contributed by atoms with van der Waals surface area (Å²) in [6.07, 6.45) is 0. The molecule has 1 N–H and O–H groups in total. The molecule has 0 aromatic heterocycles. The molecule has 0 saturated heterocycles. The van der Waals surface area contributed by atoms with E-state index in [0.717, 1.165) is 11.3 Å². The van der Waals surface area contributed by atoms with Crippen LogP contribution in [0.4, 0.5) is 4.39 Å². The molecule has 1 atom stereocenters. The lowest BCUT2D eigenvalue weighted by Crippen LogP contribution is -2.18. The summed E-state index contributed by atoms with van der Waals surface area (Å²) in [5.41, 5.74) is 1.69. The van der Waals surface area contributed by atoms with Crippen LogP contribution in [-0.4, -0.2) is 7.11 Å². The van der Waals surface area contributed by atoms with Gasteiger partial charge in [-0.3, -0.25) is 0 Å². The molecule has 2 aromatic rings. The molecule has 0 bridgehead atoms. The Morgan fingerprint density at radius 3 is 2.55 bits per heavy atom. The largest absolute Gasteiger partial charge is 0.497 e. The Bertz CT molecular complexity index is 571. The Balaban J connectivity index is 2.00. The summed E-state index contributed by atoms with van der Waals surface area (Å²) in [6, 6.07) is 12.9. The van der Waals surface area contributed by atoms with Crippen molar-refractivity contribution in [1.82, 2.24) is 5.32 Å². The molecular weight excluding hydrogens is 277 g/mol. The zero-order valence-electron chi connectivity index (χ0n) is 11.5. The summed E-state index contributed by atoms with van der Waals surface area (Å²) in [6.45, 7) is 2.46. The molecule has 0 aliphatic heterocycles. The first-order chi connectivity index (χ1) is 9.61. The highest BCUT2D eigenvalue weighted by molar-refractivity contribution is 6.30. The first-order valence-electron chi connectivity index (χ1n) is 6.42. The van der Waals surface area contributed by atoms with Gasteiger partial charge in [0.2, 0.25) is 0 Å². The van der Waals surface area contributed by atoms with Crippen LogP contribution in [0.25, 0.3) is 0 Å². The zero-order valence-corrected chi connectivity index (χ0v) is 12.2. The highest BCUT2D eigenvalue weighted by atomic mass is 35.5. The Labute approximate surface area is 123 Å². The average Bonchev–Trinajstić information content (AvgIpc) is 2.48. The summed E-state index contributed by atoms with van der Waals surface area (Å²) in [5, 5.41) is 3.44. The second-order valence-electron chi connectivity index (χ2n) is 4.59. The lowest BCUT2D eigenvalue weighted by Gasteiger charge is -2.15. The van der Waals surface area contributed by atoms with Gasteiger partial charge in [-0.1, -0.05) is 35.9 Å². The molecule has 2 aromatic carbocycles. The molecule has 0 aliphatic rings. The predicted molar refractivity (Wildman–Crippen MR) is 79.7 cm³/mol. The number of benzene rings is 2. The second-order valence-corrected chi connectivity index (χ2v) is 5.00. The van der Waals surface area contributed by atoms with E-state index in [9.17, 15) is 4.39 Å². The van der Waals surface area contributed by atoms with Crippen molar-refractivity contribution in [1.29, 1.82) is 0 Å². The number of methoxy groups -OCH3 is 1. The van der Waals surface area contributed by atoms with Gasteiger partial charge >= 0.3 is 0 Å². The lowest BCUT2D eigenvalue weighted by molar-refractivity contribution is 0.414. The van der Waals surface area contributed by atoms with Crippen LogP contribution in [0.5, 0.6) is 5.75 Å². The standard InChI is InChI=1S/C16H17ClFNO/c1-11(12-6-8-14(20-2)9-7-12)19-10-13-4-3-5-15(17)16(13)18/h3-9,11,19H,10H2,1-2H3. The highest BCUT2D eigenvalue weighted by Crippen LogP contribution is 2.20. The number of rotatable bonds is 5. The fourth-order valence-corrected chi connectivity index (χ4v) is 2.15. The molecule has 0 aliphatic carbocycles. The molecule has 0 heterocycles. The first-order valence-corrected chi connectivity index (χ1v) is 6.80. The van der Waals surface area contributed by atoms with Crippen molar-refractivity contribution >= 4 is 11.6 Å². The fraction of sp³-hybridized carbons (Fsp3) is 0.250. The maximum absolute atomic E-state index is 13.8. The molecule has 106 valence electrons. The number of halogens is 2. The summed E-state index contributed by atoms with van der Waals surface area (Å²) in [5.74, 6) is 0.463. The summed E-state index contributed by atoms with van der Waals surface area (Å²) in [7, 11) is 1.64. The minimum Gasteiger partial charge on any atom is -0.497 e. The number of hydrogen-bond donors (Lipinski definition) is 1. The third-order valence-electron chi connectivity index (χ3n) is 3.25. The quantitative estimate of drug-likeness (QED) is 0.885. The number of hydrogen-bond acceptors (Lipinski definition) is 2. The lowest BCUT2D eigenvalue weighted by atomic mass is 10.1. The average molecular weight is 294 g/mol. The van der Waals surface area contributed by atoms with Gasteiger partial charge in [0.1, 0.15) is 11.6 Å². The molecule has 2 nitrogen and oxygen atoms in total. The van der Waals surface area contributed by atoms with Crippen LogP contribution in [0.15, 0.2) is 42.5 Å². The van der Waals surface area contributed by atoms with E-state index in [1.165, 1.54) is 0 Å². The van der Waals surface area contributed by atoms with Crippen LogP contribution >= 0.6 is 11.6 Å². The minimum atomic E-state index is -0.358. The van der Waals surface area contributed by atoms with Gasteiger partial charge in [0.25, 0.3) is 0 Å². The van der Waals surface area contributed by atoms with E-state index in [0.29, 0.717) is 12.1 Å². The number of ether oxygens (including phenoxy) is 1. The van der Waals surface area contributed by atoms with Gasteiger partial charge in [-0.15, -0.1) is 0 Å². The Hall–Kier alpha value is -1.58. The van der Waals surface area contributed by atoms with Crippen molar-refractivity contribution in [3.05, 3.63) is 64.4 Å². The van der Waals surface area contributed by atoms with Crippen molar-refractivity contribution in [2.24, 2.45) is 0 Å². The molecule has 0 radical (unpaired) electrons.